The first-order valence-electron chi connectivity index (χ1n) is 9.19. The fraction of sp³-hybridized carbons (Fsp3) is 0.381. The summed E-state index contributed by atoms with van der Waals surface area (Å²) < 4.78 is 16.5. The Morgan fingerprint density at radius 2 is 1.59 bits per heavy atom. The lowest BCUT2D eigenvalue weighted by Gasteiger charge is -2.28. The maximum absolute atomic E-state index is 12.1. The molecule has 0 unspecified atom stereocenters. The summed E-state index contributed by atoms with van der Waals surface area (Å²) in [5, 5.41) is 11.7. The summed E-state index contributed by atoms with van der Waals surface area (Å²) in [4.78, 5) is 12.1. The second-order valence-electron chi connectivity index (χ2n) is 6.80. The lowest BCUT2D eigenvalue weighted by atomic mass is 9.98. The Bertz CT molecular complexity index is 755. The smallest absolute Gasteiger partial charge is 0.407 e. The number of hydrogen-bond donors (Lipinski definition) is 2. The highest BCUT2D eigenvalue weighted by Gasteiger charge is 2.29. The van der Waals surface area contributed by atoms with Crippen LogP contribution in [0, 0.1) is 0 Å². The standard InChI is InChI=1S/C21H23NO5/c23-10-15-12-25-14(11-26-15)9-22-21(24)27-13-20-18-7-3-1-5-16(18)17-6-2-4-8-19(17)20/h1-8,14-15,20,23H,9-13H2,(H,22,24)/t14-,15+/m0/s1. The molecule has 0 saturated carbocycles. The number of amides is 1. The number of aliphatic hydroxyl groups excluding tert-OH is 1. The van der Waals surface area contributed by atoms with E-state index >= 15 is 0 Å². The molecule has 1 fully saturated rings. The van der Waals surface area contributed by atoms with Crippen molar-refractivity contribution in [2.45, 2.75) is 18.1 Å². The Morgan fingerprint density at radius 3 is 2.19 bits per heavy atom. The molecule has 1 aliphatic heterocycles. The number of carbonyl (C=O) groups is 1. The van der Waals surface area contributed by atoms with Gasteiger partial charge in [0, 0.05) is 12.5 Å². The lowest BCUT2D eigenvalue weighted by molar-refractivity contribution is -0.142. The van der Waals surface area contributed by atoms with E-state index in [-0.39, 0.29) is 31.3 Å². The number of fused-ring (bicyclic) bond motifs is 3. The molecule has 1 amide bonds. The van der Waals surface area contributed by atoms with E-state index in [1.165, 1.54) is 22.3 Å². The monoisotopic (exact) mass is 369 g/mol. The van der Waals surface area contributed by atoms with Crippen LogP contribution in [-0.2, 0) is 14.2 Å². The zero-order valence-electron chi connectivity index (χ0n) is 15.0. The number of nitrogens with one attached hydrogen (secondary N) is 1. The minimum atomic E-state index is -0.468. The van der Waals surface area contributed by atoms with E-state index in [0.29, 0.717) is 19.8 Å². The maximum atomic E-state index is 12.1. The first-order valence-corrected chi connectivity index (χ1v) is 9.19. The second-order valence-corrected chi connectivity index (χ2v) is 6.80. The van der Waals surface area contributed by atoms with Crippen LogP contribution in [0.25, 0.3) is 11.1 Å². The Hall–Kier alpha value is -2.41. The Balaban J connectivity index is 1.32. The van der Waals surface area contributed by atoms with Crippen molar-refractivity contribution < 1.29 is 24.1 Å². The van der Waals surface area contributed by atoms with Crippen LogP contribution < -0.4 is 5.32 Å². The van der Waals surface area contributed by atoms with Crippen molar-refractivity contribution in [1.29, 1.82) is 0 Å². The van der Waals surface area contributed by atoms with Gasteiger partial charge in [0.05, 0.1) is 25.9 Å². The van der Waals surface area contributed by atoms with E-state index in [0.717, 1.165) is 0 Å². The quantitative estimate of drug-likeness (QED) is 0.846. The van der Waals surface area contributed by atoms with E-state index in [9.17, 15) is 4.79 Å². The summed E-state index contributed by atoms with van der Waals surface area (Å²) in [6.45, 7) is 1.21. The van der Waals surface area contributed by atoms with Gasteiger partial charge < -0.3 is 24.6 Å². The van der Waals surface area contributed by atoms with E-state index < -0.39 is 6.09 Å². The number of ether oxygens (including phenoxy) is 3. The summed E-state index contributed by atoms with van der Waals surface area (Å²) in [6, 6.07) is 16.5. The maximum Gasteiger partial charge on any atom is 0.407 e. The number of rotatable bonds is 5. The van der Waals surface area contributed by atoms with Gasteiger partial charge in [0.25, 0.3) is 0 Å². The van der Waals surface area contributed by atoms with Gasteiger partial charge in [-0.1, -0.05) is 48.5 Å². The molecule has 6 nitrogen and oxygen atoms in total. The van der Waals surface area contributed by atoms with Crippen molar-refractivity contribution in [1.82, 2.24) is 5.32 Å². The van der Waals surface area contributed by atoms with Gasteiger partial charge in [-0.05, 0) is 22.3 Å². The predicted molar refractivity (Wildman–Crippen MR) is 99.6 cm³/mol. The third kappa shape index (κ3) is 3.83. The van der Waals surface area contributed by atoms with Crippen LogP contribution in [0.15, 0.2) is 48.5 Å². The number of benzene rings is 2. The normalized spacial score (nSPS) is 21.4. The van der Waals surface area contributed by atoms with E-state index in [2.05, 4.69) is 29.6 Å². The fourth-order valence-electron chi connectivity index (χ4n) is 3.65. The molecule has 0 radical (unpaired) electrons. The van der Waals surface area contributed by atoms with Gasteiger partial charge >= 0.3 is 6.09 Å². The third-order valence-electron chi connectivity index (χ3n) is 5.06. The van der Waals surface area contributed by atoms with Gasteiger partial charge in [-0.3, -0.25) is 0 Å². The number of alkyl carbamates (subject to hydrolysis) is 1. The first-order chi connectivity index (χ1) is 13.3. The molecule has 2 aliphatic rings. The number of hydrogen-bond acceptors (Lipinski definition) is 5. The van der Waals surface area contributed by atoms with Crippen LogP contribution in [-0.4, -0.2) is 56.4 Å². The molecule has 2 aromatic rings. The van der Waals surface area contributed by atoms with Gasteiger partial charge in [-0.2, -0.15) is 0 Å². The zero-order chi connectivity index (χ0) is 18.6. The van der Waals surface area contributed by atoms with Crippen LogP contribution in [0.1, 0.15) is 17.0 Å². The first kappa shape index (κ1) is 18.0. The highest BCUT2D eigenvalue weighted by Crippen LogP contribution is 2.44. The minimum absolute atomic E-state index is 0.0442. The number of aliphatic hydroxyl groups is 1. The second kappa shape index (κ2) is 8.08. The molecule has 0 spiro atoms. The lowest BCUT2D eigenvalue weighted by Crippen LogP contribution is -2.44. The SMILES string of the molecule is O=C(NC[C@H]1CO[C@H](CO)CO1)OCC1c2ccccc2-c2ccccc21. The highest BCUT2D eigenvalue weighted by molar-refractivity contribution is 5.79. The van der Waals surface area contributed by atoms with Crippen LogP contribution in [0.3, 0.4) is 0 Å². The van der Waals surface area contributed by atoms with Crippen molar-refractivity contribution in [3.05, 3.63) is 59.7 Å². The molecule has 1 saturated heterocycles. The van der Waals surface area contributed by atoms with Gasteiger partial charge in [0.15, 0.2) is 0 Å². The molecule has 1 heterocycles. The predicted octanol–water partition coefficient (Wildman–Crippen LogP) is 2.30. The van der Waals surface area contributed by atoms with Crippen LogP contribution in [0.4, 0.5) is 4.79 Å². The van der Waals surface area contributed by atoms with Gasteiger partial charge in [0.2, 0.25) is 0 Å². The Labute approximate surface area is 158 Å². The summed E-state index contributed by atoms with van der Waals surface area (Å²) in [6.07, 6.45) is -0.978. The molecule has 27 heavy (non-hydrogen) atoms. The molecule has 142 valence electrons. The molecule has 2 atom stereocenters. The molecule has 1 aliphatic carbocycles. The largest absolute Gasteiger partial charge is 0.449 e. The van der Waals surface area contributed by atoms with Crippen molar-refractivity contribution >= 4 is 6.09 Å². The van der Waals surface area contributed by atoms with Gasteiger partial charge in [-0.25, -0.2) is 4.79 Å². The molecule has 0 bridgehead atoms. The highest BCUT2D eigenvalue weighted by atomic mass is 16.6. The molecule has 2 aromatic carbocycles. The van der Waals surface area contributed by atoms with Gasteiger partial charge in [-0.15, -0.1) is 0 Å². The summed E-state index contributed by atoms with van der Waals surface area (Å²) in [7, 11) is 0. The molecule has 4 rings (SSSR count). The van der Waals surface area contributed by atoms with Crippen molar-refractivity contribution in [2.75, 3.05) is 33.0 Å². The zero-order valence-corrected chi connectivity index (χ0v) is 15.0. The molecular weight excluding hydrogens is 346 g/mol. The van der Waals surface area contributed by atoms with Gasteiger partial charge in [0.1, 0.15) is 12.7 Å². The average Bonchev–Trinajstić information content (AvgIpc) is 3.05. The Kier molecular flexibility index (Phi) is 5.38. The molecule has 2 N–H and O–H groups in total. The van der Waals surface area contributed by atoms with E-state index in [1.807, 2.05) is 24.3 Å². The van der Waals surface area contributed by atoms with Crippen molar-refractivity contribution in [3.8, 4) is 11.1 Å². The van der Waals surface area contributed by atoms with Crippen LogP contribution >= 0.6 is 0 Å². The third-order valence-corrected chi connectivity index (χ3v) is 5.06. The average molecular weight is 369 g/mol. The summed E-state index contributed by atoms with van der Waals surface area (Å²) >= 11 is 0. The number of carbonyl (C=O) groups excluding carboxylic acids is 1. The van der Waals surface area contributed by atoms with Crippen molar-refractivity contribution in [3.63, 3.8) is 0 Å². The summed E-state index contributed by atoms with van der Waals surface area (Å²) in [5.41, 5.74) is 4.78. The summed E-state index contributed by atoms with van der Waals surface area (Å²) in [5.74, 6) is 0.0442. The van der Waals surface area contributed by atoms with E-state index in [4.69, 9.17) is 19.3 Å². The minimum Gasteiger partial charge on any atom is -0.449 e. The topological polar surface area (TPSA) is 77.0 Å². The van der Waals surface area contributed by atoms with Crippen molar-refractivity contribution in [2.24, 2.45) is 0 Å². The molecule has 6 heteroatoms. The Morgan fingerprint density at radius 1 is 1.00 bits per heavy atom. The molecular formula is C21H23NO5. The fourth-order valence-corrected chi connectivity index (χ4v) is 3.65. The molecule has 0 aromatic heterocycles. The van der Waals surface area contributed by atoms with E-state index in [1.54, 1.807) is 0 Å². The van der Waals surface area contributed by atoms with Crippen LogP contribution in [0.5, 0.6) is 0 Å². The van der Waals surface area contributed by atoms with Crippen LogP contribution in [0.2, 0.25) is 0 Å².